The van der Waals surface area contributed by atoms with Gasteiger partial charge >= 0.3 is 26.2 Å². The average Bonchev–Trinajstić information content (AvgIpc) is 3.38. The van der Waals surface area contributed by atoms with Crippen LogP contribution < -0.4 is 0 Å². The van der Waals surface area contributed by atoms with Crippen LogP contribution in [0.5, 0.6) is 0 Å². The molecule has 0 nitrogen and oxygen atoms in total. The van der Waals surface area contributed by atoms with Crippen molar-refractivity contribution in [1.82, 2.24) is 0 Å². The first-order chi connectivity index (χ1) is 12.9. The zero-order chi connectivity index (χ0) is 18.0. The second-order valence-electron chi connectivity index (χ2n) is 5.97. The topological polar surface area (TPSA) is 0 Å². The smallest absolute Gasteiger partial charge is 0.168 e. The zero-order valence-electron chi connectivity index (χ0n) is 16.0. The van der Waals surface area contributed by atoms with Crippen LogP contribution in [0.1, 0.15) is 5.56 Å². The molecule has 0 saturated heterocycles. The predicted octanol–water partition coefficient (Wildman–Crippen LogP) is 7.31. The van der Waals surface area contributed by atoms with E-state index in [9.17, 15) is 0 Å². The Bertz CT molecular complexity index is 912. The van der Waals surface area contributed by atoms with E-state index in [0.717, 1.165) is 6.04 Å². The van der Waals surface area contributed by atoms with Crippen LogP contribution in [-0.2, 0) is 32.2 Å². The molecule has 0 aliphatic carbocycles. The van der Waals surface area contributed by atoms with E-state index >= 15 is 0 Å². The Kier molecular flexibility index (Phi) is 14.6. The van der Waals surface area contributed by atoms with Gasteiger partial charge in [0.05, 0.1) is 0 Å². The van der Waals surface area contributed by atoms with Gasteiger partial charge in [0.2, 0.25) is 0 Å². The van der Waals surface area contributed by atoms with E-state index in [1.807, 2.05) is 18.2 Å². The van der Waals surface area contributed by atoms with Crippen molar-refractivity contribution < 1.29 is 26.2 Å². The van der Waals surface area contributed by atoms with E-state index in [0.29, 0.717) is 0 Å². The summed E-state index contributed by atoms with van der Waals surface area (Å²) in [5, 5.41) is 5.32. The first-order valence-corrected chi connectivity index (χ1v) is 9.47. The molecule has 0 fully saturated rings. The Balaban J connectivity index is 0.000000387. The van der Waals surface area contributed by atoms with E-state index in [-0.39, 0.29) is 51.0 Å². The first kappa shape index (κ1) is 27.6. The van der Waals surface area contributed by atoms with Crippen LogP contribution in [0.3, 0.4) is 0 Å². The molecular formula is C25H23Cl2SiZr. The molecular weight excluding hydrogens is 490 g/mol. The molecule has 0 aliphatic heterocycles. The van der Waals surface area contributed by atoms with Gasteiger partial charge in [0, 0.05) is 10.2 Å². The van der Waals surface area contributed by atoms with Crippen molar-refractivity contribution in [2.75, 3.05) is 0 Å². The maximum atomic E-state index is 3.40. The number of fused-ring (bicyclic) bond motifs is 2. The van der Waals surface area contributed by atoms with Crippen molar-refractivity contribution in [2.45, 2.75) is 6.04 Å². The summed E-state index contributed by atoms with van der Waals surface area (Å²) in [7, 11) is 3.40. The van der Waals surface area contributed by atoms with Gasteiger partial charge in [0.25, 0.3) is 0 Å². The van der Waals surface area contributed by atoms with Crippen molar-refractivity contribution in [2.24, 2.45) is 0 Å². The van der Waals surface area contributed by atoms with E-state index in [1.165, 1.54) is 27.1 Å². The van der Waals surface area contributed by atoms with Gasteiger partial charge in [-0.25, -0.2) is 0 Å². The number of halogens is 2. The Hall–Kier alpha value is -1.44. The molecule has 0 spiro atoms. The predicted molar refractivity (Wildman–Crippen MR) is 129 cm³/mol. The summed E-state index contributed by atoms with van der Waals surface area (Å²) in [6.07, 6.45) is 0. The second-order valence-corrected chi connectivity index (χ2v) is 6.33. The molecule has 5 rings (SSSR count). The zero-order valence-corrected chi connectivity index (χ0v) is 21.1. The minimum Gasteiger partial charge on any atom is -0.168 e. The summed E-state index contributed by atoms with van der Waals surface area (Å²) in [4.78, 5) is 0. The minimum atomic E-state index is 0. The molecule has 4 heteroatoms. The molecule has 0 aromatic heterocycles. The van der Waals surface area contributed by atoms with Crippen LogP contribution in [-0.4, -0.2) is 10.2 Å². The van der Waals surface area contributed by atoms with E-state index in [4.69, 9.17) is 0 Å². The standard InChI is InChI=1S/2C9H7.C7H7Si.2ClH.Zr/c2*1-2-5-9-7-3-6-8(9)4-1;8-6-7-4-2-1-3-5-7;;;/h2*1-7H;1-5H,6H2;2*1H;/q2*-1;;;;+2. The van der Waals surface area contributed by atoms with Gasteiger partial charge in [0.1, 0.15) is 0 Å². The van der Waals surface area contributed by atoms with Gasteiger partial charge in [-0.3, -0.25) is 0 Å². The quantitative estimate of drug-likeness (QED) is 0.163. The summed E-state index contributed by atoms with van der Waals surface area (Å²) < 4.78 is 0. The van der Waals surface area contributed by atoms with Gasteiger partial charge < -0.3 is 0 Å². The number of hydrogen-bond acceptors (Lipinski definition) is 0. The van der Waals surface area contributed by atoms with Crippen LogP contribution in [0.4, 0.5) is 0 Å². The Morgan fingerprint density at radius 2 is 0.966 bits per heavy atom. The number of benzene rings is 3. The van der Waals surface area contributed by atoms with Crippen LogP contribution in [0.2, 0.25) is 0 Å². The largest absolute Gasteiger partial charge is 2.00 e. The van der Waals surface area contributed by atoms with Crippen molar-refractivity contribution in [3.63, 3.8) is 0 Å². The third-order valence-corrected chi connectivity index (χ3v) is 4.55. The Morgan fingerprint density at radius 1 is 0.552 bits per heavy atom. The molecule has 0 N–H and O–H groups in total. The van der Waals surface area contributed by atoms with Crippen molar-refractivity contribution in [3.8, 4) is 0 Å². The van der Waals surface area contributed by atoms with Crippen LogP contribution in [0, 0.1) is 0 Å². The molecule has 0 atom stereocenters. The van der Waals surface area contributed by atoms with Crippen molar-refractivity contribution in [3.05, 3.63) is 121 Å². The number of rotatable bonds is 1. The number of hydrogen-bond donors (Lipinski definition) is 0. The summed E-state index contributed by atoms with van der Waals surface area (Å²) in [6.45, 7) is 0. The summed E-state index contributed by atoms with van der Waals surface area (Å²) >= 11 is 0. The molecule has 0 bridgehead atoms. The van der Waals surface area contributed by atoms with Crippen LogP contribution in [0.15, 0.2) is 115 Å². The third kappa shape index (κ3) is 8.84. The van der Waals surface area contributed by atoms with Crippen LogP contribution >= 0.6 is 24.8 Å². The maximum absolute atomic E-state index is 3.40. The summed E-state index contributed by atoms with van der Waals surface area (Å²) in [5.41, 5.74) is 1.32. The third-order valence-electron chi connectivity index (χ3n) is 4.14. The van der Waals surface area contributed by atoms with Gasteiger partial charge in [-0.15, -0.1) is 84.1 Å². The fourth-order valence-corrected chi connectivity index (χ4v) is 2.97. The van der Waals surface area contributed by atoms with Gasteiger partial charge in [-0.2, -0.15) is 35.0 Å². The Labute approximate surface area is 208 Å². The molecule has 5 aromatic carbocycles. The Morgan fingerprint density at radius 3 is 1.34 bits per heavy atom. The monoisotopic (exact) mass is 511 g/mol. The van der Waals surface area contributed by atoms with Gasteiger partial charge in [-0.05, 0) is 6.04 Å². The van der Waals surface area contributed by atoms with Gasteiger partial charge in [0.15, 0.2) is 0 Å². The average molecular weight is 514 g/mol. The fraction of sp³-hybridized carbons (Fsp3) is 0.0400. The molecule has 0 aliphatic rings. The molecule has 0 unspecified atom stereocenters. The SMILES string of the molecule is Cl.Cl.[Si]Cc1ccccc1.[Zr+2].c1ccc2[cH-]ccc2c1.c1ccc2[cH-]ccc2c1. The van der Waals surface area contributed by atoms with E-state index < -0.39 is 0 Å². The molecule has 5 aromatic rings. The van der Waals surface area contributed by atoms with Crippen molar-refractivity contribution in [1.29, 1.82) is 0 Å². The molecule has 29 heavy (non-hydrogen) atoms. The molecule has 3 radical (unpaired) electrons. The molecule has 0 amide bonds. The fourth-order valence-electron chi connectivity index (χ4n) is 2.74. The van der Waals surface area contributed by atoms with E-state index in [2.05, 4.69) is 107 Å². The normalized spacial score (nSPS) is 8.86. The van der Waals surface area contributed by atoms with Gasteiger partial charge in [-0.1, -0.05) is 48.0 Å². The minimum absolute atomic E-state index is 0. The molecule has 0 heterocycles. The first-order valence-electron chi connectivity index (χ1n) is 8.76. The summed E-state index contributed by atoms with van der Waals surface area (Å²) in [6, 6.07) is 40.6. The van der Waals surface area contributed by atoms with E-state index in [1.54, 1.807) is 0 Å². The maximum Gasteiger partial charge on any atom is 2.00 e. The van der Waals surface area contributed by atoms with Crippen LogP contribution in [0.25, 0.3) is 21.5 Å². The second kappa shape index (κ2) is 15.4. The summed E-state index contributed by atoms with van der Waals surface area (Å²) in [5.74, 6) is 0. The van der Waals surface area contributed by atoms with Crippen molar-refractivity contribution >= 4 is 56.6 Å². The molecule has 0 saturated carbocycles. The molecule has 145 valence electrons.